The number of aromatic carboxylic acids is 1. The van der Waals surface area contributed by atoms with Gasteiger partial charge >= 0.3 is 11.9 Å². The number of hydrogen-bond acceptors (Lipinski definition) is 4. The number of benzene rings is 2. The zero-order valence-electron chi connectivity index (χ0n) is 20.0. The van der Waals surface area contributed by atoms with Crippen molar-refractivity contribution in [2.24, 2.45) is 0 Å². The van der Waals surface area contributed by atoms with Crippen molar-refractivity contribution in [3.8, 4) is 34.7 Å². The largest absolute Gasteiger partial charge is 0.477 e. The lowest BCUT2D eigenvalue weighted by Gasteiger charge is -2.22. The van der Waals surface area contributed by atoms with Crippen LogP contribution in [0.5, 0.6) is 0 Å². The molecule has 1 atom stereocenters. The number of terminal acetylenes is 1. The second-order valence-electron chi connectivity index (χ2n) is 8.13. The topological polar surface area (TPSA) is 85.6 Å². The van der Waals surface area contributed by atoms with E-state index in [0.29, 0.717) is 5.56 Å². The van der Waals surface area contributed by atoms with E-state index >= 15 is 4.39 Å². The van der Waals surface area contributed by atoms with Gasteiger partial charge in [0.2, 0.25) is 5.43 Å². The van der Waals surface area contributed by atoms with E-state index in [-0.39, 0.29) is 56.1 Å². The third-order valence-electron chi connectivity index (χ3n) is 5.71. The molecular formula is C27H21Cl3FNO5. The van der Waals surface area contributed by atoms with Crippen molar-refractivity contribution in [2.75, 3.05) is 0 Å². The molecule has 0 aliphatic rings. The summed E-state index contributed by atoms with van der Waals surface area (Å²) in [7, 11) is 0. The molecule has 1 heterocycles. The zero-order valence-corrected chi connectivity index (χ0v) is 22.3. The van der Waals surface area contributed by atoms with E-state index in [4.69, 9.17) is 46.0 Å². The fourth-order valence-corrected chi connectivity index (χ4v) is 4.57. The Bertz CT molecular complexity index is 1520. The van der Waals surface area contributed by atoms with Gasteiger partial charge in [0.1, 0.15) is 17.5 Å². The lowest BCUT2D eigenvalue weighted by Crippen LogP contribution is -2.25. The Hall–Kier alpha value is -3.31. The number of carbonyl (C=O) groups is 2. The maximum absolute atomic E-state index is 15.2. The summed E-state index contributed by atoms with van der Waals surface area (Å²) in [4.78, 5) is 38.7. The van der Waals surface area contributed by atoms with E-state index in [1.165, 1.54) is 18.2 Å². The lowest BCUT2D eigenvalue weighted by atomic mass is 9.95. The molecular weight excluding hydrogens is 544 g/mol. The van der Waals surface area contributed by atoms with Gasteiger partial charge in [0.25, 0.3) is 0 Å². The van der Waals surface area contributed by atoms with Gasteiger partial charge in [-0.15, -0.1) is 12.3 Å². The normalized spacial score (nSPS) is 11.6. The number of ether oxygens (including phenoxy) is 1. The van der Waals surface area contributed by atoms with Gasteiger partial charge in [0, 0.05) is 29.8 Å². The van der Waals surface area contributed by atoms with Crippen LogP contribution in [0.3, 0.4) is 0 Å². The van der Waals surface area contributed by atoms with Gasteiger partial charge < -0.3 is 14.4 Å². The molecule has 0 bridgehead atoms. The summed E-state index contributed by atoms with van der Waals surface area (Å²) < 4.78 is 22.0. The number of carbonyl (C=O) groups excluding carboxylic acids is 1. The highest BCUT2D eigenvalue weighted by atomic mass is 35.5. The Morgan fingerprint density at radius 2 is 1.84 bits per heavy atom. The van der Waals surface area contributed by atoms with E-state index in [2.05, 4.69) is 5.92 Å². The fourth-order valence-electron chi connectivity index (χ4n) is 4.04. The predicted octanol–water partition coefficient (Wildman–Crippen LogP) is 6.88. The van der Waals surface area contributed by atoms with E-state index in [1.807, 2.05) is 0 Å². The molecule has 0 aliphatic heterocycles. The van der Waals surface area contributed by atoms with Crippen LogP contribution in [0, 0.1) is 25.1 Å². The van der Waals surface area contributed by atoms with Crippen LogP contribution in [0.2, 0.25) is 15.1 Å². The highest BCUT2D eigenvalue weighted by molar-refractivity contribution is 6.42. The Labute approximate surface area is 227 Å². The summed E-state index contributed by atoms with van der Waals surface area (Å²) in [6.45, 7) is 5.10. The van der Waals surface area contributed by atoms with Crippen molar-refractivity contribution < 1.29 is 23.8 Å². The number of carboxylic acid groups (broad SMARTS) is 1. The average molecular weight is 565 g/mol. The Morgan fingerprint density at radius 1 is 1.16 bits per heavy atom. The average Bonchev–Trinajstić information content (AvgIpc) is 2.81. The minimum Gasteiger partial charge on any atom is -0.477 e. The van der Waals surface area contributed by atoms with Crippen LogP contribution < -0.4 is 5.43 Å². The van der Waals surface area contributed by atoms with Gasteiger partial charge in [-0.25, -0.2) is 14.0 Å². The molecule has 3 aromatic rings. The zero-order chi connectivity index (χ0) is 27.6. The Morgan fingerprint density at radius 3 is 2.41 bits per heavy atom. The molecule has 37 heavy (non-hydrogen) atoms. The molecule has 2 aromatic carbocycles. The molecule has 0 spiro atoms. The Balaban J connectivity index is 2.35. The standard InChI is InChI=1S/C27H21Cl3FNO5/c1-5-7-13(3)37-27(36)16-11-17(21(31)12-19(16)29)22-14(4)32(6-2)24(23(25(22)33)26(34)35)15-8-9-18(28)20(30)10-15/h1,8-13H,6-7H2,2-4H3,(H,34,35). The van der Waals surface area contributed by atoms with Gasteiger partial charge in [-0.3, -0.25) is 4.79 Å². The van der Waals surface area contributed by atoms with E-state index < -0.39 is 34.9 Å². The predicted molar refractivity (Wildman–Crippen MR) is 142 cm³/mol. The highest BCUT2D eigenvalue weighted by Crippen LogP contribution is 2.35. The molecule has 1 unspecified atom stereocenters. The summed E-state index contributed by atoms with van der Waals surface area (Å²) in [5.41, 5.74) is -1.59. The number of esters is 1. The maximum atomic E-state index is 15.2. The molecule has 1 N–H and O–H groups in total. The van der Waals surface area contributed by atoms with Gasteiger partial charge in [-0.05, 0) is 45.0 Å². The van der Waals surface area contributed by atoms with Gasteiger partial charge in [0.05, 0.1) is 31.9 Å². The third kappa shape index (κ3) is 5.52. The van der Waals surface area contributed by atoms with Crippen LogP contribution in [-0.2, 0) is 11.3 Å². The number of carboxylic acids is 1. The minimum atomic E-state index is -1.52. The monoisotopic (exact) mass is 563 g/mol. The van der Waals surface area contributed by atoms with Crippen molar-refractivity contribution in [3.05, 3.63) is 78.3 Å². The summed E-state index contributed by atoms with van der Waals surface area (Å²) in [5.74, 6) is -0.936. The summed E-state index contributed by atoms with van der Waals surface area (Å²) in [5, 5.41) is 10.2. The van der Waals surface area contributed by atoms with Crippen molar-refractivity contribution in [3.63, 3.8) is 0 Å². The molecule has 0 saturated heterocycles. The van der Waals surface area contributed by atoms with Crippen LogP contribution in [0.25, 0.3) is 22.4 Å². The maximum Gasteiger partial charge on any atom is 0.341 e. The highest BCUT2D eigenvalue weighted by Gasteiger charge is 2.28. The quantitative estimate of drug-likeness (QED) is 0.250. The molecule has 3 rings (SSSR count). The van der Waals surface area contributed by atoms with Crippen molar-refractivity contribution in [1.29, 1.82) is 0 Å². The number of nitrogens with zero attached hydrogens (tertiary/aromatic N) is 1. The first-order chi connectivity index (χ1) is 17.4. The summed E-state index contributed by atoms with van der Waals surface area (Å²) in [6, 6.07) is 6.43. The number of halogens is 4. The molecule has 10 heteroatoms. The first-order valence-corrected chi connectivity index (χ1v) is 12.2. The SMILES string of the molecule is C#CCC(C)OC(=O)c1cc(-c2c(C)n(CC)c(-c3ccc(Cl)c(Cl)c3)c(C(=O)O)c2=O)c(F)cc1Cl. The van der Waals surface area contributed by atoms with E-state index in [1.54, 1.807) is 25.3 Å². The van der Waals surface area contributed by atoms with E-state index in [0.717, 1.165) is 12.1 Å². The van der Waals surface area contributed by atoms with Crippen LogP contribution in [0.1, 0.15) is 46.7 Å². The number of pyridine rings is 1. The third-order valence-corrected chi connectivity index (χ3v) is 6.76. The van der Waals surface area contributed by atoms with E-state index in [9.17, 15) is 19.5 Å². The van der Waals surface area contributed by atoms with Crippen molar-refractivity contribution in [1.82, 2.24) is 4.57 Å². The molecule has 0 saturated carbocycles. The first-order valence-electron chi connectivity index (χ1n) is 11.0. The smallest absolute Gasteiger partial charge is 0.341 e. The molecule has 0 radical (unpaired) electrons. The number of aromatic nitrogens is 1. The molecule has 0 aliphatic carbocycles. The summed E-state index contributed by atoms with van der Waals surface area (Å²) in [6.07, 6.45) is 4.76. The molecule has 6 nitrogen and oxygen atoms in total. The van der Waals surface area contributed by atoms with Crippen LogP contribution in [-0.4, -0.2) is 27.7 Å². The molecule has 1 aromatic heterocycles. The minimum absolute atomic E-state index is 0.0805. The summed E-state index contributed by atoms with van der Waals surface area (Å²) >= 11 is 18.3. The van der Waals surface area contributed by atoms with Crippen LogP contribution in [0.15, 0.2) is 35.1 Å². The Kier molecular flexibility index (Phi) is 8.70. The second-order valence-corrected chi connectivity index (χ2v) is 9.35. The molecule has 0 amide bonds. The van der Waals surface area contributed by atoms with Gasteiger partial charge in [-0.2, -0.15) is 0 Å². The fraction of sp³-hybridized carbons (Fsp3) is 0.222. The van der Waals surface area contributed by atoms with Crippen LogP contribution >= 0.6 is 34.8 Å². The van der Waals surface area contributed by atoms with Crippen molar-refractivity contribution in [2.45, 2.75) is 39.8 Å². The lowest BCUT2D eigenvalue weighted by molar-refractivity contribution is 0.0352. The first kappa shape index (κ1) is 28.3. The number of rotatable bonds is 7. The molecule has 192 valence electrons. The number of hydrogen-bond donors (Lipinski definition) is 1. The second kappa shape index (κ2) is 11.4. The molecule has 0 fully saturated rings. The van der Waals surface area contributed by atoms with Gasteiger partial charge in [0.15, 0.2) is 0 Å². The van der Waals surface area contributed by atoms with Crippen LogP contribution in [0.4, 0.5) is 4.39 Å². The van der Waals surface area contributed by atoms with Crippen molar-refractivity contribution >= 4 is 46.7 Å². The van der Waals surface area contributed by atoms with Gasteiger partial charge in [-0.1, -0.05) is 40.9 Å².